The molecule has 1 aromatic carbocycles. The minimum Gasteiger partial charge on any atom is -0.441 e. The zero-order valence-corrected chi connectivity index (χ0v) is 12.8. The molecule has 1 amide bonds. The molecular formula is C16H17N3O4. The van der Waals surface area contributed by atoms with Gasteiger partial charge in [-0.05, 0) is 36.4 Å². The molecule has 0 bridgehead atoms. The van der Waals surface area contributed by atoms with E-state index in [0.717, 1.165) is 24.1 Å². The maximum absolute atomic E-state index is 12.0. The monoisotopic (exact) mass is 315 g/mol. The molecule has 1 aromatic rings. The summed E-state index contributed by atoms with van der Waals surface area (Å²) in [5.74, 6) is 0. The zero-order chi connectivity index (χ0) is 16.4. The van der Waals surface area contributed by atoms with Gasteiger partial charge in [0.05, 0.1) is 13.2 Å². The van der Waals surface area contributed by atoms with Crippen molar-refractivity contribution in [1.82, 2.24) is 0 Å². The first-order chi connectivity index (χ1) is 11.1. The summed E-state index contributed by atoms with van der Waals surface area (Å²) < 4.78 is 10.4. The van der Waals surface area contributed by atoms with Gasteiger partial charge in [-0.15, -0.1) is 4.91 Å². The molecule has 1 aliphatic carbocycles. The second-order valence-corrected chi connectivity index (χ2v) is 5.84. The van der Waals surface area contributed by atoms with Crippen molar-refractivity contribution >= 4 is 11.8 Å². The number of amides is 1. The van der Waals surface area contributed by atoms with E-state index in [1.807, 2.05) is 24.3 Å². The van der Waals surface area contributed by atoms with Crippen molar-refractivity contribution in [3.05, 3.63) is 46.2 Å². The van der Waals surface area contributed by atoms with E-state index < -0.39 is 18.4 Å². The second kappa shape index (κ2) is 5.97. The highest BCUT2D eigenvalue weighted by Crippen LogP contribution is 2.49. The Hall–Kier alpha value is -2.46. The van der Waals surface area contributed by atoms with Gasteiger partial charge >= 0.3 is 6.09 Å². The molecule has 1 unspecified atom stereocenters. The van der Waals surface area contributed by atoms with Gasteiger partial charge in [0, 0.05) is 24.1 Å². The average Bonchev–Trinajstić information content (AvgIpc) is 3.30. The summed E-state index contributed by atoms with van der Waals surface area (Å²) in [6.45, 7) is 9.30. The number of carbonyl (C=O) groups excluding carboxylic acids is 1. The molecule has 0 N–H and O–H groups in total. The van der Waals surface area contributed by atoms with Crippen molar-refractivity contribution in [3.63, 3.8) is 0 Å². The number of nitroso groups, excluding NO2 is 1. The molecule has 0 spiro atoms. The van der Waals surface area contributed by atoms with Crippen LogP contribution in [0.1, 0.15) is 25.3 Å². The Labute approximate surface area is 134 Å². The molecule has 2 aliphatic rings. The van der Waals surface area contributed by atoms with Gasteiger partial charge in [-0.1, -0.05) is 0 Å². The Kier molecular flexibility index (Phi) is 4.01. The third kappa shape index (κ3) is 3.03. The van der Waals surface area contributed by atoms with Crippen LogP contribution in [0.15, 0.2) is 29.4 Å². The van der Waals surface area contributed by atoms with E-state index in [4.69, 9.17) is 16.0 Å². The number of anilines is 1. The minimum absolute atomic E-state index is 0.133. The molecule has 23 heavy (non-hydrogen) atoms. The highest BCUT2D eigenvalue weighted by molar-refractivity contribution is 5.89. The number of rotatable bonds is 6. The first kappa shape index (κ1) is 15.4. The quantitative estimate of drug-likeness (QED) is 0.597. The maximum Gasteiger partial charge on any atom is 0.414 e. The SMILES string of the molecule is [C-]#[N+]C1(c2ccc(N3C[C@H](COC(C)N=O)OC3=O)cc2)CC1. The fraction of sp³-hybridized carbons (Fsp3) is 0.500. The topological polar surface area (TPSA) is 72.6 Å². The number of hydrogen-bond acceptors (Lipinski definition) is 5. The predicted molar refractivity (Wildman–Crippen MR) is 82.8 cm³/mol. The zero-order valence-electron chi connectivity index (χ0n) is 12.8. The van der Waals surface area contributed by atoms with Crippen molar-refractivity contribution in [2.75, 3.05) is 18.1 Å². The summed E-state index contributed by atoms with van der Waals surface area (Å²) in [7, 11) is 0. The van der Waals surface area contributed by atoms with Gasteiger partial charge in [-0.25, -0.2) is 11.4 Å². The normalized spacial score (nSPS) is 23.0. The molecule has 2 atom stereocenters. The van der Waals surface area contributed by atoms with E-state index >= 15 is 0 Å². The number of benzene rings is 1. The molecule has 3 rings (SSSR count). The van der Waals surface area contributed by atoms with Crippen LogP contribution in [0.3, 0.4) is 0 Å². The first-order valence-corrected chi connectivity index (χ1v) is 7.49. The largest absolute Gasteiger partial charge is 0.441 e. The average molecular weight is 315 g/mol. The van der Waals surface area contributed by atoms with Gasteiger partial charge < -0.3 is 14.3 Å². The van der Waals surface area contributed by atoms with Crippen LogP contribution in [-0.4, -0.2) is 31.6 Å². The van der Waals surface area contributed by atoms with Crippen molar-refractivity contribution in [1.29, 1.82) is 0 Å². The highest BCUT2D eigenvalue weighted by Gasteiger charge is 2.52. The lowest BCUT2D eigenvalue weighted by molar-refractivity contribution is 0.0108. The molecule has 0 radical (unpaired) electrons. The highest BCUT2D eigenvalue weighted by atomic mass is 16.6. The van der Waals surface area contributed by atoms with Crippen molar-refractivity contribution in [2.45, 2.75) is 37.6 Å². The van der Waals surface area contributed by atoms with Gasteiger partial charge in [-0.2, -0.15) is 0 Å². The molecule has 7 nitrogen and oxygen atoms in total. The van der Waals surface area contributed by atoms with Crippen molar-refractivity contribution in [2.24, 2.45) is 5.18 Å². The Morgan fingerprint density at radius 3 is 2.74 bits per heavy atom. The number of ether oxygens (including phenoxy) is 2. The molecule has 2 fully saturated rings. The molecule has 7 heteroatoms. The molecule has 120 valence electrons. The predicted octanol–water partition coefficient (Wildman–Crippen LogP) is 3.05. The van der Waals surface area contributed by atoms with E-state index in [2.05, 4.69) is 10.0 Å². The van der Waals surface area contributed by atoms with E-state index in [0.29, 0.717) is 6.54 Å². The first-order valence-electron chi connectivity index (χ1n) is 7.49. The Bertz CT molecular complexity index is 648. The van der Waals surface area contributed by atoms with Crippen LogP contribution in [-0.2, 0) is 15.0 Å². The second-order valence-electron chi connectivity index (χ2n) is 5.84. The standard InChI is InChI=1S/C16H17N3O4/c1-11(18-21)22-10-14-9-19(15(20)23-14)13-5-3-12(4-6-13)16(17-2)7-8-16/h3-6,11,14H,7-10H2,1H3/t11?,14-/m1/s1. The van der Waals surface area contributed by atoms with Crippen LogP contribution in [0.5, 0.6) is 0 Å². The third-order valence-electron chi connectivity index (χ3n) is 4.20. The van der Waals surface area contributed by atoms with Gasteiger partial charge in [0.15, 0.2) is 6.23 Å². The maximum atomic E-state index is 12.0. The molecule has 1 heterocycles. The van der Waals surface area contributed by atoms with Gasteiger partial charge in [0.25, 0.3) is 5.54 Å². The summed E-state index contributed by atoms with van der Waals surface area (Å²) in [6, 6.07) is 7.47. The van der Waals surface area contributed by atoms with Crippen LogP contribution >= 0.6 is 0 Å². The summed E-state index contributed by atoms with van der Waals surface area (Å²) >= 11 is 0. The van der Waals surface area contributed by atoms with E-state index in [-0.39, 0.29) is 12.1 Å². The van der Waals surface area contributed by atoms with Crippen LogP contribution in [0.25, 0.3) is 4.85 Å². The summed E-state index contributed by atoms with van der Waals surface area (Å²) in [6.07, 6.45) is 0.160. The number of nitrogens with zero attached hydrogens (tertiary/aromatic N) is 3. The summed E-state index contributed by atoms with van der Waals surface area (Å²) in [4.78, 5) is 27.5. The molecular weight excluding hydrogens is 298 g/mol. The van der Waals surface area contributed by atoms with Crippen molar-refractivity contribution < 1.29 is 14.3 Å². The molecule has 1 saturated heterocycles. The number of cyclic esters (lactones) is 1. The van der Waals surface area contributed by atoms with Gasteiger partial charge in [-0.3, -0.25) is 4.90 Å². The van der Waals surface area contributed by atoms with Gasteiger partial charge in [0.2, 0.25) is 0 Å². The molecule has 1 saturated carbocycles. The third-order valence-corrected chi connectivity index (χ3v) is 4.20. The van der Waals surface area contributed by atoms with Crippen LogP contribution in [0.4, 0.5) is 10.5 Å². The smallest absolute Gasteiger partial charge is 0.414 e. The van der Waals surface area contributed by atoms with E-state index in [9.17, 15) is 9.70 Å². The Morgan fingerprint density at radius 2 is 2.17 bits per heavy atom. The van der Waals surface area contributed by atoms with Crippen LogP contribution in [0.2, 0.25) is 0 Å². The summed E-state index contributed by atoms with van der Waals surface area (Å²) in [5, 5.41) is 2.74. The lowest BCUT2D eigenvalue weighted by atomic mass is 10.1. The molecule has 0 aromatic heterocycles. The van der Waals surface area contributed by atoms with Gasteiger partial charge in [0.1, 0.15) is 6.10 Å². The number of hydrogen-bond donors (Lipinski definition) is 0. The summed E-state index contributed by atoms with van der Waals surface area (Å²) in [5.41, 5.74) is 1.37. The lowest BCUT2D eigenvalue weighted by Crippen LogP contribution is -2.26. The fourth-order valence-electron chi connectivity index (χ4n) is 2.63. The minimum atomic E-state index is -0.759. The lowest BCUT2D eigenvalue weighted by Gasteiger charge is -2.14. The van der Waals surface area contributed by atoms with Crippen LogP contribution in [0, 0.1) is 11.5 Å². The molecule has 1 aliphatic heterocycles. The Morgan fingerprint density at radius 1 is 1.48 bits per heavy atom. The van der Waals surface area contributed by atoms with E-state index in [1.54, 1.807) is 0 Å². The van der Waals surface area contributed by atoms with Crippen LogP contribution < -0.4 is 4.90 Å². The Balaban J connectivity index is 1.64. The van der Waals surface area contributed by atoms with E-state index in [1.165, 1.54) is 11.8 Å². The van der Waals surface area contributed by atoms with Crippen molar-refractivity contribution in [3.8, 4) is 0 Å². The number of carbonyl (C=O) groups is 1. The fourth-order valence-corrected chi connectivity index (χ4v) is 2.63.